The summed E-state index contributed by atoms with van der Waals surface area (Å²) < 4.78 is 131. The second-order valence-electron chi connectivity index (χ2n) is 9.24. The van der Waals surface area contributed by atoms with E-state index in [9.17, 15) is 39.2 Å². The zero-order chi connectivity index (χ0) is 29.5. The summed E-state index contributed by atoms with van der Waals surface area (Å²) in [6.07, 6.45) is -3.80. The van der Waals surface area contributed by atoms with Crippen LogP contribution in [0.5, 0.6) is 11.5 Å². The normalized spacial score (nSPS) is 16.6. The minimum Gasteiger partial charge on any atom is -0.457 e. The van der Waals surface area contributed by atoms with E-state index in [-0.39, 0.29) is 13.0 Å². The van der Waals surface area contributed by atoms with Crippen LogP contribution >= 0.6 is 0 Å². The summed E-state index contributed by atoms with van der Waals surface area (Å²) in [5.41, 5.74) is -1.53. The van der Waals surface area contributed by atoms with Crippen LogP contribution in [-0.4, -0.2) is 35.6 Å². The molecule has 0 aliphatic carbocycles. The summed E-state index contributed by atoms with van der Waals surface area (Å²) in [5.74, 6) is -9.66. The number of hydrogen-bond donors (Lipinski definition) is 0. The second kappa shape index (κ2) is 10.8. The van der Waals surface area contributed by atoms with E-state index in [0.717, 1.165) is 0 Å². The highest BCUT2D eigenvalue weighted by atomic mass is 32.2. The van der Waals surface area contributed by atoms with Crippen molar-refractivity contribution in [3.05, 3.63) is 95.7 Å². The van der Waals surface area contributed by atoms with E-state index in [0.29, 0.717) is 33.5 Å². The van der Waals surface area contributed by atoms with Crippen molar-refractivity contribution in [2.24, 2.45) is 0 Å². The lowest BCUT2D eigenvalue weighted by atomic mass is 10.1. The Morgan fingerprint density at radius 1 is 0.829 bits per heavy atom. The van der Waals surface area contributed by atoms with Crippen molar-refractivity contribution in [3.8, 4) is 22.8 Å². The van der Waals surface area contributed by atoms with Gasteiger partial charge in [0.2, 0.25) is 10.0 Å². The number of aromatic nitrogens is 2. The highest BCUT2D eigenvalue weighted by Crippen LogP contribution is 2.41. The number of nitrogens with zero attached hydrogens (tertiary/aromatic N) is 3. The molecule has 0 radical (unpaired) electrons. The SMILES string of the molecule is O=S(=O)(c1c(F)c(F)c(F)c(F)c1C(F)(F)F)N1CCC[C@@H](n2ccc(-c3ccc(Oc4ccccc4)cc3)n2)C1. The van der Waals surface area contributed by atoms with Gasteiger partial charge in [0, 0.05) is 24.8 Å². The lowest BCUT2D eigenvalue weighted by Crippen LogP contribution is -2.42. The van der Waals surface area contributed by atoms with Crippen LogP contribution in [0.3, 0.4) is 0 Å². The number of halogens is 7. The molecule has 6 nitrogen and oxygen atoms in total. The zero-order valence-electron chi connectivity index (χ0n) is 20.9. The Labute approximate surface area is 229 Å². The number of rotatable bonds is 6. The molecule has 0 amide bonds. The molecule has 0 spiro atoms. The topological polar surface area (TPSA) is 64.4 Å². The Morgan fingerprint density at radius 2 is 1.46 bits per heavy atom. The Morgan fingerprint density at radius 3 is 2.12 bits per heavy atom. The monoisotopic (exact) mass is 599 g/mol. The molecule has 0 N–H and O–H groups in total. The zero-order valence-corrected chi connectivity index (χ0v) is 21.7. The third-order valence-electron chi connectivity index (χ3n) is 6.58. The third-order valence-corrected chi connectivity index (χ3v) is 8.49. The molecule has 41 heavy (non-hydrogen) atoms. The Balaban J connectivity index is 1.39. The molecule has 3 aromatic carbocycles. The van der Waals surface area contributed by atoms with E-state index in [2.05, 4.69) is 5.10 Å². The molecular weight excluding hydrogens is 579 g/mol. The van der Waals surface area contributed by atoms with Gasteiger partial charge in [0.05, 0.1) is 11.7 Å². The van der Waals surface area contributed by atoms with Gasteiger partial charge in [-0.15, -0.1) is 0 Å². The van der Waals surface area contributed by atoms with Gasteiger partial charge in [-0.05, 0) is 55.3 Å². The molecule has 0 saturated carbocycles. The van der Waals surface area contributed by atoms with Crippen molar-refractivity contribution in [1.82, 2.24) is 14.1 Å². The van der Waals surface area contributed by atoms with Crippen molar-refractivity contribution >= 4 is 10.0 Å². The first-order valence-electron chi connectivity index (χ1n) is 12.2. The predicted octanol–water partition coefficient (Wildman–Crippen LogP) is 6.94. The average Bonchev–Trinajstić information content (AvgIpc) is 3.44. The molecule has 1 aliphatic rings. The first-order valence-corrected chi connectivity index (χ1v) is 13.6. The Bertz CT molecular complexity index is 1680. The predicted molar refractivity (Wildman–Crippen MR) is 132 cm³/mol. The fourth-order valence-electron chi connectivity index (χ4n) is 4.60. The largest absolute Gasteiger partial charge is 0.457 e. The maximum atomic E-state index is 14.5. The smallest absolute Gasteiger partial charge is 0.420 e. The van der Waals surface area contributed by atoms with Gasteiger partial charge >= 0.3 is 6.18 Å². The van der Waals surface area contributed by atoms with Gasteiger partial charge in [0.25, 0.3) is 0 Å². The van der Waals surface area contributed by atoms with Crippen LogP contribution in [0.4, 0.5) is 30.7 Å². The molecule has 0 bridgehead atoms. The van der Waals surface area contributed by atoms with Crippen LogP contribution in [0, 0.1) is 23.3 Å². The highest BCUT2D eigenvalue weighted by molar-refractivity contribution is 7.89. The van der Waals surface area contributed by atoms with E-state index in [1.165, 1.54) is 4.68 Å². The van der Waals surface area contributed by atoms with Gasteiger partial charge in [-0.25, -0.2) is 26.0 Å². The summed E-state index contributed by atoms with van der Waals surface area (Å²) in [6.45, 7) is -0.822. The summed E-state index contributed by atoms with van der Waals surface area (Å²) >= 11 is 0. The highest BCUT2D eigenvalue weighted by Gasteiger charge is 2.47. The molecule has 1 fully saturated rings. The van der Waals surface area contributed by atoms with Gasteiger partial charge in [-0.1, -0.05) is 18.2 Å². The van der Waals surface area contributed by atoms with E-state index in [4.69, 9.17) is 4.74 Å². The number of benzene rings is 3. The van der Waals surface area contributed by atoms with Gasteiger partial charge in [0.1, 0.15) is 22.0 Å². The minimum absolute atomic E-state index is 0.125. The Kier molecular flexibility index (Phi) is 7.55. The van der Waals surface area contributed by atoms with Crippen molar-refractivity contribution in [2.75, 3.05) is 13.1 Å². The number of hydrogen-bond acceptors (Lipinski definition) is 4. The van der Waals surface area contributed by atoms with Gasteiger partial charge < -0.3 is 4.74 Å². The van der Waals surface area contributed by atoms with Gasteiger partial charge in [-0.3, -0.25) is 4.68 Å². The second-order valence-corrected chi connectivity index (χ2v) is 11.1. The van der Waals surface area contributed by atoms with Crippen molar-refractivity contribution in [1.29, 1.82) is 0 Å². The van der Waals surface area contributed by atoms with E-state index < -0.39 is 62.5 Å². The van der Waals surface area contributed by atoms with E-state index in [1.54, 1.807) is 48.7 Å². The van der Waals surface area contributed by atoms with Gasteiger partial charge in [-0.2, -0.15) is 22.6 Å². The first-order chi connectivity index (χ1) is 19.4. The molecule has 0 unspecified atom stereocenters. The lowest BCUT2D eigenvalue weighted by molar-refractivity contribution is -0.143. The molecule has 1 saturated heterocycles. The lowest BCUT2D eigenvalue weighted by Gasteiger charge is -2.32. The third kappa shape index (κ3) is 5.53. The standard InChI is InChI=1S/C27H20F7N3O3S/c28-22-21(27(32,33)34)26(25(31)24(30)23(22)29)41(38,39)36-13-4-5-17(15-36)37-14-12-20(35-37)16-8-10-19(11-9-16)40-18-6-2-1-3-7-18/h1-3,6-12,14,17H,4-5,13,15H2/t17-/m1/s1. The number of ether oxygens (including phenoxy) is 1. The Hall–Kier alpha value is -3.91. The summed E-state index contributed by atoms with van der Waals surface area (Å²) in [5, 5.41) is 4.45. The number of sulfonamides is 1. The van der Waals surface area contributed by atoms with Crippen molar-refractivity contribution < 1.29 is 43.9 Å². The van der Waals surface area contributed by atoms with Crippen molar-refractivity contribution in [3.63, 3.8) is 0 Å². The molecule has 1 aliphatic heterocycles. The number of piperidine rings is 1. The summed E-state index contributed by atoms with van der Waals surface area (Å²) in [7, 11) is -5.45. The molecule has 2 heterocycles. The maximum Gasteiger partial charge on any atom is 0.420 e. The summed E-state index contributed by atoms with van der Waals surface area (Å²) in [4.78, 5) is -2.29. The van der Waals surface area contributed by atoms with Crippen molar-refractivity contribution in [2.45, 2.75) is 30.0 Å². The molecule has 1 atom stereocenters. The minimum atomic E-state index is -5.82. The first kappa shape index (κ1) is 28.6. The molecule has 1 aromatic heterocycles. The van der Waals surface area contributed by atoms with E-state index in [1.807, 2.05) is 18.2 Å². The average molecular weight is 600 g/mol. The maximum absolute atomic E-state index is 14.5. The van der Waals surface area contributed by atoms with Crippen LogP contribution in [-0.2, 0) is 16.2 Å². The summed E-state index contributed by atoms with van der Waals surface area (Å²) in [6, 6.07) is 17.0. The van der Waals surface area contributed by atoms with Crippen LogP contribution in [0.25, 0.3) is 11.3 Å². The van der Waals surface area contributed by atoms with Crippen LogP contribution in [0.1, 0.15) is 24.4 Å². The molecule has 5 rings (SSSR count). The van der Waals surface area contributed by atoms with Crippen LogP contribution < -0.4 is 4.74 Å². The molecular formula is C27H20F7N3O3S. The number of alkyl halides is 3. The fraction of sp³-hybridized carbons (Fsp3) is 0.222. The van der Waals surface area contributed by atoms with Crippen LogP contribution in [0.2, 0.25) is 0 Å². The van der Waals surface area contributed by atoms with Crippen LogP contribution in [0.15, 0.2) is 71.8 Å². The fourth-order valence-corrected chi connectivity index (χ4v) is 6.38. The quantitative estimate of drug-likeness (QED) is 0.137. The molecule has 216 valence electrons. The molecule has 14 heteroatoms. The molecule has 4 aromatic rings. The van der Waals surface area contributed by atoms with E-state index >= 15 is 0 Å². The van der Waals surface area contributed by atoms with Gasteiger partial charge in [0.15, 0.2) is 23.3 Å². The number of para-hydroxylation sites is 1.